The molecule has 0 fully saturated rings. The van der Waals surface area contributed by atoms with E-state index in [2.05, 4.69) is 81.7 Å². The molecule has 0 radical (unpaired) electrons. The minimum absolute atomic E-state index is 0.487. The van der Waals surface area contributed by atoms with Crippen molar-refractivity contribution in [2.45, 2.75) is 78.2 Å². The molecule has 0 spiro atoms. The topological polar surface area (TPSA) is 48.2 Å². The van der Waals surface area contributed by atoms with Crippen LogP contribution >= 0.6 is 0 Å². The van der Waals surface area contributed by atoms with Crippen LogP contribution in [0.4, 0.5) is 0 Å². The van der Waals surface area contributed by atoms with E-state index < -0.39 is 5.54 Å². The van der Waals surface area contributed by atoms with E-state index >= 15 is 0 Å². The third-order valence-electron chi connectivity index (χ3n) is 7.35. The van der Waals surface area contributed by atoms with Gasteiger partial charge in [-0.25, -0.2) is 0 Å². The summed E-state index contributed by atoms with van der Waals surface area (Å²) in [6.07, 6.45) is 16.1. The second kappa shape index (κ2) is 16.5. The van der Waals surface area contributed by atoms with Crippen LogP contribution in [0.25, 0.3) is 0 Å². The number of hydrogen-bond donors (Lipinski definition) is 1. The molecule has 39 heavy (non-hydrogen) atoms. The highest BCUT2D eigenvalue weighted by molar-refractivity contribution is 5.99. The predicted octanol–water partition coefficient (Wildman–Crippen LogP) is 9.22. The number of benzene rings is 2. The van der Waals surface area contributed by atoms with Crippen LogP contribution in [0, 0.1) is 17.2 Å². The normalized spacial score (nSPS) is 13.9. The number of nitrogens with zero attached hydrogens (tertiary/aromatic N) is 2. The second-order valence-electron chi connectivity index (χ2n) is 10.6. The summed E-state index contributed by atoms with van der Waals surface area (Å²) < 4.78 is 0. The van der Waals surface area contributed by atoms with Gasteiger partial charge in [-0.1, -0.05) is 107 Å². The van der Waals surface area contributed by atoms with Crippen molar-refractivity contribution < 1.29 is 0 Å². The van der Waals surface area contributed by atoms with Gasteiger partial charge >= 0.3 is 0 Å². The van der Waals surface area contributed by atoms with Gasteiger partial charge in [0.1, 0.15) is 0 Å². The zero-order valence-corrected chi connectivity index (χ0v) is 24.8. The Morgan fingerprint density at radius 2 is 1.79 bits per heavy atom. The molecule has 0 bridgehead atoms. The summed E-state index contributed by atoms with van der Waals surface area (Å²) in [5, 5.41) is 13.0. The molecule has 0 aliphatic heterocycles. The molecule has 2 rings (SSSR count). The predicted molar refractivity (Wildman–Crippen MR) is 169 cm³/mol. The summed E-state index contributed by atoms with van der Waals surface area (Å²) in [5.74, 6) is 0.783. The Bertz CT molecular complexity index is 1220. The fraction of sp³-hybridized carbons (Fsp3) is 0.389. The van der Waals surface area contributed by atoms with Gasteiger partial charge in [0, 0.05) is 11.9 Å². The van der Waals surface area contributed by atoms with Crippen LogP contribution in [-0.4, -0.2) is 12.8 Å². The highest BCUT2D eigenvalue weighted by Crippen LogP contribution is 2.29. The molecule has 206 valence electrons. The van der Waals surface area contributed by atoms with Crippen LogP contribution in [0.2, 0.25) is 0 Å². The average Bonchev–Trinajstić information content (AvgIpc) is 2.95. The number of allylic oxidation sites excluding steroid dienone is 4. The molecule has 0 aliphatic carbocycles. The van der Waals surface area contributed by atoms with Gasteiger partial charge in [0.15, 0.2) is 0 Å². The lowest BCUT2D eigenvalue weighted by Crippen LogP contribution is -2.40. The number of likely N-dealkylation sites (N-methyl/N-ethyl adjacent to an activating group) is 1. The fourth-order valence-electron chi connectivity index (χ4n) is 5.05. The maximum Gasteiger partial charge on any atom is 0.0991 e. The summed E-state index contributed by atoms with van der Waals surface area (Å²) in [4.78, 5) is 4.84. The molecule has 0 aromatic heterocycles. The Balaban J connectivity index is 2.34. The quantitative estimate of drug-likeness (QED) is 0.177. The zero-order valence-electron chi connectivity index (χ0n) is 24.8. The first-order chi connectivity index (χ1) is 18.8. The smallest absolute Gasteiger partial charge is 0.0991 e. The Hall–Kier alpha value is -3.48. The largest absolute Gasteiger partial charge is 0.307 e. The number of aliphatic imine (C=N–C) groups is 1. The van der Waals surface area contributed by atoms with Gasteiger partial charge in [0.25, 0.3) is 0 Å². The van der Waals surface area contributed by atoms with Gasteiger partial charge in [-0.3, -0.25) is 4.99 Å². The van der Waals surface area contributed by atoms with Gasteiger partial charge in [-0.05, 0) is 86.5 Å². The minimum Gasteiger partial charge on any atom is -0.307 e. The maximum atomic E-state index is 9.50. The summed E-state index contributed by atoms with van der Waals surface area (Å²) in [6, 6.07) is 18.7. The molecule has 0 heterocycles. The molecule has 1 unspecified atom stereocenters. The summed E-state index contributed by atoms with van der Waals surface area (Å²) >= 11 is 0. The van der Waals surface area contributed by atoms with E-state index in [0.29, 0.717) is 12.0 Å². The summed E-state index contributed by atoms with van der Waals surface area (Å²) in [7, 11) is 1.96. The first kappa shape index (κ1) is 31.7. The van der Waals surface area contributed by atoms with E-state index in [-0.39, 0.29) is 0 Å². The van der Waals surface area contributed by atoms with E-state index in [1.807, 2.05) is 50.5 Å². The standard InChI is InChI=1S/C36H47N3/c1-8-13-31(14-9-2)20-19-30(10-3)27-39-29(6)34-17-11-15-32(23-34)25-36(38-7,22-21-28(4)5)35-18-12-16-33(24-35)26-37/h10-12,15-18,21-24,27,31,38H,3-4,8-9,13-14,19-20,25H2,1-2,5-7H3/b22-21-,30-27+,39-29+. The SMILES string of the molecule is C=C/C(=C\N=C(/C)c1cccc(CC(/C=C\C(=C)C)(NC)c2cccc(C#N)c2)c1)CCC(CCC)CCC. The Morgan fingerprint density at radius 1 is 1.08 bits per heavy atom. The highest BCUT2D eigenvalue weighted by Gasteiger charge is 2.28. The fourth-order valence-corrected chi connectivity index (χ4v) is 5.05. The molecule has 2 aromatic rings. The van der Waals surface area contributed by atoms with E-state index in [0.717, 1.165) is 34.8 Å². The summed E-state index contributed by atoms with van der Waals surface area (Å²) in [5.41, 5.74) is 6.63. The minimum atomic E-state index is -0.487. The van der Waals surface area contributed by atoms with Crippen molar-refractivity contribution >= 4 is 5.71 Å². The second-order valence-corrected chi connectivity index (χ2v) is 10.6. The number of nitrogens with one attached hydrogen (secondary N) is 1. The van der Waals surface area contributed by atoms with Gasteiger partial charge in [0.2, 0.25) is 0 Å². The van der Waals surface area contributed by atoms with E-state index in [9.17, 15) is 5.26 Å². The highest BCUT2D eigenvalue weighted by atomic mass is 14.9. The van der Waals surface area contributed by atoms with Gasteiger partial charge in [0.05, 0.1) is 17.2 Å². The number of nitriles is 1. The van der Waals surface area contributed by atoms with Gasteiger partial charge in [-0.2, -0.15) is 5.26 Å². The monoisotopic (exact) mass is 521 g/mol. The average molecular weight is 522 g/mol. The van der Waals surface area contributed by atoms with Gasteiger partial charge in [-0.15, -0.1) is 0 Å². The lowest BCUT2D eigenvalue weighted by Gasteiger charge is -2.32. The van der Waals surface area contributed by atoms with Crippen LogP contribution in [-0.2, 0) is 12.0 Å². The van der Waals surface area contributed by atoms with E-state index in [1.165, 1.54) is 43.2 Å². The van der Waals surface area contributed by atoms with Crippen molar-refractivity contribution in [3.05, 3.63) is 120 Å². The van der Waals surface area contributed by atoms with Crippen molar-refractivity contribution in [2.24, 2.45) is 10.9 Å². The number of hydrogen-bond acceptors (Lipinski definition) is 3. The van der Waals surface area contributed by atoms with Crippen molar-refractivity contribution in [2.75, 3.05) is 7.05 Å². The Kier molecular flexibility index (Phi) is 13.4. The molecule has 3 nitrogen and oxygen atoms in total. The molecule has 1 atom stereocenters. The van der Waals surface area contributed by atoms with Crippen molar-refractivity contribution in [1.82, 2.24) is 5.32 Å². The van der Waals surface area contributed by atoms with Crippen molar-refractivity contribution in [1.29, 1.82) is 5.26 Å². The first-order valence-electron chi connectivity index (χ1n) is 14.3. The van der Waals surface area contributed by atoms with Crippen LogP contribution in [0.15, 0.2) is 102 Å². The third kappa shape index (κ3) is 9.97. The summed E-state index contributed by atoms with van der Waals surface area (Å²) in [6.45, 7) is 16.7. The molecular formula is C36H47N3. The van der Waals surface area contributed by atoms with Crippen molar-refractivity contribution in [3.8, 4) is 6.07 Å². The maximum absolute atomic E-state index is 9.50. The molecular weight excluding hydrogens is 474 g/mol. The van der Waals surface area contributed by atoms with Crippen LogP contribution in [0.1, 0.15) is 88.5 Å². The molecule has 2 aromatic carbocycles. The van der Waals surface area contributed by atoms with Crippen molar-refractivity contribution in [3.63, 3.8) is 0 Å². The molecule has 1 N–H and O–H groups in total. The molecule has 3 heteroatoms. The Morgan fingerprint density at radius 3 is 2.41 bits per heavy atom. The third-order valence-corrected chi connectivity index (χ3v) is 7.35. The first-order valence-corrected chi connectivity index (χ1v) is 14.3. The molecule has 0 amide bonds. The van der Waals surface area contributed by atoms with Gasteiger partial charge < -0.3 is 5.32 Å². The lowest BCUT2D eigenvalue weighted by molar-refractivity contribution is 0.412. The van der Waals surface area contributed by atoms with Crippen LogP contribution < -0.4 is 5.32 Å². The van der Waals surface area contributed by atoms with Crippen LogP contribution in [0.5, 0.6) is 0 Å². The number of rotatable bonds is 16. The van der Waals surface area contributed by atoms with E-state index in [4.69, 9.17) is 4.99 Å². The lowest BCUT2D eigenvalue weighted by atomic mass is 9.82. The Labute approximate surface area is 237 Å². The molecule has 0 saturated carbocycles. The van der Waals surface area contributed by atoms with Crippen LogP contribution in [0.3, 0.4) is 0 Å². The van der Waals surface area contributed by atoms with E-state index in [1.54, 1.807) is 0 Å². The molecule has 0 aliphatic rings. The zero-order chi connectivity index (χ0) is 28.7. The molecule has 0 saturated heterocycles.